The molecule has 2 aliphatic rings. The van der Waals surface area contributed by atoms with Crippen molar-refractivity contribution in [3.05, 3.63) is 29.3 Å². The fraction of sp³-hybridized carbons (Fsp3) is 0.619. The number of benzene rings is 1. The monoisotopic (exact) mass is 357 g/mol. The van der Waals surface area contributed by atoms with E-state index in [2.05, 4.69) is 24.5 Å². The first kappa shape index (κ1) is 18.9. The van der Waals surface area contributed by atoms with Crippen LogP contribution in [0.1, 0.15) is 49.0 Å². The Morgan fingerprint density at radius 3 is 2.50 bits per heavy atom. The molecule has 1 saturated carbocycles. The van der Waals surface area contributed by atoms with E-state index in [4.69, 9.17) is 0 Å². The first-order valence-corrected chi connectivity index (χ1v) is 9.83. The highest BCUT2D eigenvalue weighted by atomic mass is 16.2. The normalized spacial score (nSPS) is 23.0. The molecule has 2 fully saturated rings. The van der Waals surface area contributed by atoms with Crippen LogP contribution in [0.3, 0.4) is 0 Å². The van der Waals surface area contributed by atoms with Crippen molar-refractivity contribution in [1.82, 2.24) is 10.2 Å². The van der Waals surface area contributed by atoms with Crippen LogP contribution in [0.5, 0.6) is 0 Å². The van der Waals surface area contributed by atoms with Gasteiger partial charge in [-0.3, -0.25) is 9.59 Å². The van der Waals surface area contributed by atoms with E-state index < -0.39 is 0 Å². The van der Waals surface area contributed by atoms with Gasteiger partial charge >= 0.3 is 0 Å². The Hall–Kier alpha value is -1.88. The third-order valence-electron chi connectivity index (χ3n) is 5.33. The Morgan fingerprint density at radius 2 is 1.85 bits per heavy atom. The Morgan fingerprint density at radius 1 is 1.15 bits per heavy atom. The number of likely N-dealkylation sites (tertiary alicyclic amines) is 1. The molecule has 1 saturated heterocycles. The molecule has 0 aromatic heterocycles. The van der Waals surface area contributed by atoms with Crippen LogP contribution in [0.15, 0.2) is 18.2 Å². The predicted octanol–water partition coefficient (Wildman–Crippen LogP) is 3.05. The van der Waals surface area contributed by atoms with Gasteiger partial charge in [-0.1, -0.05) is 19.9 Å². The van der Waals surface area contributed by atoms with Gasteiger partial charge in [-0.25, -0.2) is 0 Å². The van der Waals surface area contributed by atoms with Crippen molar-refractivity contribution < 1.29 is 9.59 Å². The molecule has 5 heteroatoms. The van der Waals surface area contributed by atoms with Gasteiger partial charge < -0.3 is 15.5 Å². The molecule has 26 heavy (non-hydrogen) atoms. The number of nitrogens with one attached hydrogen (secondary N) is 2. The number of rotatable bonds is 6. The standard InChI is InChI=1S/C21H31N3O2/c1-14-8-15(2)13-24(12-14)21(26)18-7-4-16(3)19(9-18)23-20(25)11-22-10-17-5-6-17/h4,7,9,14-15,17,22H,5-6,8,10-13H2,1-3H3,(H,23,25). The number of amides is 2. The fourth-order valence-corrected chi connectivity index (χ4v) is 3.81. The number of nitrogens with zero attached hydrogens (tertiary/aromatic N) is 1. The smallest absolute Gasteiger partial charge is 0.253 e. The molecule has 2 unspecified atom stereocenters. The lowest BCUT2D eigenvalue weighted by Gasteiger charge is -2.35. The van der Waals surface area contributed by atoms with Crippen LogP contribution in [-0.4, -0.2) is 42.9 Å². The van der Waals surface area contributed by atoms with Gasteiger partial charge in [-0.2, -0.15) is 0 Å². The summed E-state index contributed by atoms with van der Waals surface area (Å²) in [5, 5.41) is 6.15. The molecule has 1 aliphatic heterocycles. The van der Waals surface area contributed by atoms with Crippen molar-refractivity contribution in [3.63, 3.8) is 0 Å². The van der Waals surface area contributed by atoms with Crippen LogP contribution >= 0.6 is 0 Å². The molecular formula is C21H31N3O2. The Bertz CT molecular complexity index is 659. The molecule has 2 atom stereocenters. The fourth-order valence-electron chi connectivity index (χ4n) is 3.81. The summed E-state index contributed by atoms with van der Waals surface area (Å²) >= 11 is 0. The maximum Gasteiger partial charge on any atom is 0.253 e. The SMILES string of the molecule is Cc1ccc(C(=O)N2CC(C)CC(C)C2)cc1NC(=O)CNCC1CC1. The third-order valence-corrected chi connectivity index (χ3v) is 5.33. The van der Waals surface area contributed by atoms with Gasteiger partial charge in [0.2, 0.25) is 5.91 Å². The highest BCUT2D eigenvalue weighted by Crippen LogP contribution is 2.27. The number of piperidine rings is 1. The van der Waals surface area contributed by atoms with Crippen LogP contribution in [-0.2, 0) is 4.79 Å². The number of aryl methyl sites for hydroxylation is 1. The van der Waals surface area contributed by atoms with Gasteiger partial charge in [0.05, 0.1) is 6.54 Å². The first-order chi connectivity index (χ1) is 12.4. The van der Waals surface area contributed by atoms with Gasteiger partial charge in [0, 0.05) is 24.3 Å². The second-order valence-corrected chi connectivity index (χ2v) is 8.31. The summed E-state index contributed by atoms with van der Waals surface area (Å²) < 4.78 is 0. The summed E-state index contributed by atoms with van der Waals surface area (Å²) in [6, 6.07) is 5.60. The van der Waals surface area contributed by atoms with E-state index in [9.17, 15) is 9.59 Å². The average molecular weight is 357 g/mol. The topological polar surface area (TPSA) is 61.4 Å². The Balaban J connectivity index is 1.62. The minimum Gasteiger partial charge on any atom is -0.338 e. The van der Waals surface area contributed by atoms with Gasteiger partial charge in [0.25, 0.3) is 5.91 Å². The minimum atomic E-state index is -0.0569. The minimum absolute atomic E-state index is 0.0569. The van der Waals surface area contributed by atoms with E-state index in [0.29, 0.717) is 23.9 Å². The number of hydrogen-bond donors (Lipinski definition) is 2. The number of anilines is 1. The van der Waals surface area contributed by atoms with Crippen molar-refractivity contribution in [2.24, 2.45) is 17.8 Å². The number of carbonyl (C=O) groups excluding carboxylic acids is 2. The molecule has 0 bridgehead atoms. The summed E-state index contributed by atoms with van der Waals surface area (Å²) in [4.78, 5) is 27.0. The molecule has 1 aliphatic carbocycles. The zero-order valence-electron chi connectivity index (χ0n) is 16.2. The Kier molecular flexibility index (Phi) is 5.97. The van der Waals surface area contributed by atoms with Crippen LogP contribution in [0.4, 0.5) is 5.69 Å². The van der Waals surface area contributed by atoms with E-state index in [-0.39, 0.29) is 11.8 Å². The lowest BCUT2D eigenvalue weighted by Crippen LogP contribution is -2.42. The van der Waals surface area contributed by atoms with Crippen LogP contribution in [0.25, 0.3) is 0 Å². The molecule has 2 N–H and O–H groups in total. The molecule has 5 nitrogen and oxygen atoms in total. The summed E-state index contributed by atoms with van der Waals surface area (Å²) in [7, 11) is 0. The van der Waals surface area contributed by atoms with E-state index in [0.717, 1.165) is 36.8 Å². The van der Waals surface area contributed by atoms with Gasteiger partial charge in [0.1, 0.15) is 0 Å². The van der Waals surface area contributed by atoms with E-state index in [1.54, 1.807) is 0 Å². The van der Waals surface area contributed by atoms with Gasteiger partial charge in [-0.15, -0.1) is 0 Å². The molecule has 1 aromatic rings. The highest BCUT2D eigenvalue weighted by molar-refractivity contribution is 5.98. The molecular weight excluding hydrogens is 326 g/mol. The average Bonchev–Trinajstić information content (AvgIpc) is 3.39. The molecule has 1 heterocycles. The predicted molar refractivity (Wildman–Crippen MR) is 104 cm³/mol. The summed E-state index contributed by atoms with van der Waals surface area (Å²) in [5.41, 5.74) is 2.35. The lowest BCUT2D eigenvalue weighted by molar-refractivity contribution is -0.115. The second-order valence-electron chi connectivity index (χ2n) is 8.31. The summed E-state index contributed by atoms with van der Waals surface area (Å²) in [6.07, 6.45) is 3.71. The van der Waals surface area contributed by atoms with Crippen molar-refractivity contribution >= 4 is 17.5 Å². The lowest BCUT2D eigenvalue weighted by atomic mass is 9.91. The van der Waals surface area contributed by atoms with Crippen molar-refractivity contribution in [2.75, 3.05) is 31.5 Å². The molecule has 0 spiro atoms. The molecule has 3 rings (SSSR count). The number of hydrogen-bond acceptors (Lipinski definition) is 3. The maximum absolute atomic E-state index is 12.9. The quantitative estimate of drug-likeness (QED) is 0.823. The van der Waals surface area contributed by atoms with E-state index >= 15 is 0 Å². The molecule has 142 valence electrons. The van der Waals surface area contributed by atoms with E-state index in [1.807, 2.05) is 30.0 Å². The second kappa shape index (κ2) is 8.21. The molecule has 1 aromatic carbocycles. The number of carbonyl (C=O) groups is 2. The zero-order chi connectivity index (χ0) is 18.7. The summed E-state index contributed by atoms with van der Waals surface area (Å²) in [6.45, 7) is 9.20. The van der Waals surface area contributed by atoms with Crippen molar-refractivity contribution in [2.45, 2.75) is 40.0 Å². The van der Waals surface area contributed by atoms with Gasteiger partial charge in [0.15, 0.2) is 0 Å². The largest absolute Gasteiger partial charge is 0.338 e. The van der Waals surface area contributed by atoms with Crippen molar-refractivity contribution in [3.8, 4) is 0 Å². The summed E-state index contributed by atoms with van der Waals surface area (Å²) in [5.74, 6) is 1.82. The van der Waals surface area contributed by atoms with E-state index in [1.165, 1.54) is 19.3 Å². The van der Waals surface area contributed by atoms with Crippen LogP contribution in [0.2, 0.25) is 0 Å². The van der Waals surface area contributed by atoms with Crippen molar-refractivity contribution in [1.29, 1.82) is 0 Å². The first-order valence-electron chi connectivity index (χ1n) is 9.83. The van der Waals surface area contributed by atoms with Gasteiger partial charge in [-0.05, 0) is 68.2 Å². The molecule has 0 radical (unpaired) electrons. The zero-order valence-corrected chi connectivity index (χ0v) is 16.2. The van der Waals surface area contributed by atoms with Crippen LogP contribution in [0, 0.1) is 24.7 Å². The third kappa shape index (κ3) is 5.07. The maximum atomic E-state index is 12.9. The Labute approximate surface area is 156 Å². The molecule has 2 amide bonds. The van der Waals surface area contributed by atoms with Crippen LogP contribution < -0.4 is 10.6 Å². The highest BCUT2D eigenvalue weighted by Gasteiger charge is 2.26.